The van der Waals surface area contributed by atoms with Gasteiger partial charge in [0.25, 0.3) is 0 Å². The number of aromatic nitrogens is 1. The van der Waals surface area contributed by atoms with Crippen LogP contribution in [0.2, 0.25) is 5.02 Å². The van der Waals surface area contributed by atoms with Gasteiger partial charge in [-0.15, -0.1) is 12.4 Å². The van der Waals surface area contributed by atoms with E-state index in [0.717, 1.165) is 0 Å². The molecule has 1 aromatic heterocycles. The van der Waals surface area contributed by atoms with Crippen LogP contribution in [0.1, 0.15) is 10.5 Å². The van der Waals surface area contributed by atoms with Gasteiger partial charge in [-0.25, -0.2) is 9.78 Å². The highest BCUT2D eigenvalue weighted by atomic mass is 35.5. The molecule has 0 saturated carbocycles. The molecule has 0 amide bonds. The standard InChI is InChI=1S/C6H5ClN2O2.ClH/c7-4-1-3(8)2-9-5(4)6(10)11;/h1-2H,8H2,(H,10,11);1H. The molecule has 0 aliphatic rings. The normalized spacial score (nSPS) is 8.75. The third-order valence-corrected chi connectivity index (χ3v) is 1.35. The number of anilines is 1. The van der Waals surface area contributed by atoms with Crippen molar-refractivity contribution in [3.63, 3.8) is 0 Å². The molecule has 0 atom stereocenters. The van der Waals surface area contributed by atoms with Crippen molar-refractivity contribution in [1.29, 1.82) is 0 Å². The number of hydrogen-bond acceptors (Lipinski definition) is 3. The number of pyridine rings is 1. The molecule has 0 saturated heterocycles. The lowest BCUT2D eigenvalue weighted by molar-refractivity contribution is 0.0691. The molecule has 0 fully saturated rings. The molecule has 0 radical (unpaired) electrons. The minimum atomic E-state index is -1.16. The summed E-state index contributed by atoms with van der Waals surface area (Å²) in [4.78, 5) is 13.9. The Bertz CT molecular complexity index is 304. The summed E-state index contributed by atoms with van der Waals surface area (Å²) in [5.74, 6) is -1.16. The van der Waals surface area contributed by atoms with Gasteiger partial charge in [-0.1, -0.05) is 11.6 Å². The van der Waals surface area contributed by atoms with E-state index in [4.69, 9.17) is 22.4 Å². The molecule has 4 nitrogen and oxygen atoms in total. The molecule has 0 unspecified atom stereocenters. The summed E-state index contributed by atoms with van der Waals surface area (Å²) >= 11 is 5.50. The van der Waals surface area contributed by atoms with Gasteiger partial charge < -0.3 is 10.8 Å². The lowest BCUT2D eigenvalue weighted by atomic mass is 10.3. The second-order valence-corrected chi connectivity index (χ2v) is 2.31. The molecule has 0 aliphatic heterocycles. The first-order valence-electron chi connectivity index (χ1n) is 2.75. The zero-order valence-corrected chi connectivity index (χ0v) is 7.39. The molecule has 66 valence electrons. The number of nitrogens with zero attached hydrogens (tertiary/aromatic N) is 1. The SMILES string of the molecule is Cl.Nc1cnc(C(=O)O)c(Cl)c1. The maximum Gasteiger partial charge on any atom is 0.356 e. The van der Waals surface area contributed by atoms with Crippen LogP contribution in [0.25, 0.3) is 0 Å². The van der Waals surface area contributed by atoms with E-state index in [1.807, 2.05) is 0 Å². The van der Waals surface area contributed by atoms with Crippen molar-refractivity contribution in [2.75, 3.05) is 5.73 Å². The van der Waals surface area contributed by atoms with Gasteiger partial charge in [0.15, 0.2) is 5.69 Å². The summed E-state index contributed by atoms with van der Waals surface area (Å²) in [5.41, 5.74) is 5.46. The number of carboxylic acid groups (broad SMARTS) is 1. The third kappa shape index (κ3) is 2.25. The Hall–Kier alpha value is -1.00. The molecule has 12 heavy (non-hydrogen) atoms. The van der Waals surface area contributed by atoms with Gasteiger partial charge in [-0.2, -0.15) is 0 Å². The maximum atomic E-state index is 10.3. The average Bonchev–Trinajstić information content (AvgIpc) is 1.85. The Morgan fingerprint density at radius 1 is 1.67 bits per heavy atom. The van der Waals surface area contributed by atoms with E-state index < -0.39 is 5.97 Å². The molecule has 0 aliphatic carbocycles. The fourth-order valence-corrected chi connectivity index (χ4v) is 0.866. The molecule has 0 aromatic carbocycles. The van der Waals surface area contributed by atoms with Gasteiger partial charge in [0, 0.05) is 0 Å². The van der Waals surface area contributed by atoms with Gasteiger partial charge in [0.2, 0.25) is 0 Å². The predicted octanol–water partition coefficient (Wildman–Crippen LogP) is 1.44. The van der Waals surface area contributed by atoms with Gasteiger partial charge in [-0.3, -0.25) is 0 Å². The van der Waals surface area contributed by atoms with Crippen molar-refractivity contribution in [3.05, 3.63) is 23.0 Å². The number of halogens is 2. The van der Waals surface area contributed by atoms with Crippen LogP contribution in [0.3, 0.4) is 0 Å². The summed E-state index contributed by atoms with van der Waals surface area (Å²) in [7, 11) is 0. The summed E-state index contributed by atoms with van der Waals surface area (Å²) in [6.07, 6.45) is 1.25. The zero-order chi connectivity index (χ0) is 8.43. The first-order chi connectivity index (χ1) is 5.11. The Morgan fingerprint density at radius 3 is 2.67 bits per heavy atom. The topological polar surface area (TPSA) is 76.2 Å². The van der Waals surface area contributed by atoms with E-state index in [2.05, 4.69) is 4.98 Å². The Morgan fingerprint density at radius 2 is 2.25 bits per heavy atom. The summed E-state index contributed by atoms with van der Waals surface area (Å²) in [6.45, 7) is 0. The van der Waals surface area contributed by atoms with Gasteiger partial charge in [0.1, 0.15) is 0 Å². The monoisotopic (exact) mass is 208 g/mol. The molecule has 0 bridgehead atoms. The highest BCUT2D eigenvalue weighted by molar-refractivity contribution is 6.33. The first-order valence-corrected chi connectivity index (χ1v) is 3.13. The maximum absolute atomic E-state index is 10.3. The van der Waals surface area contributed by atoms with Crippen LogP contribution >= 0.6 is 24.0 Å². The van der Waals surface area contributed by atoms with E-state index in [9.17, 15) is 4.79 Å². The summed E-state index contributed by atoms with van der Waals surface area (Å²) in [5, 5.41) is 8.52. The fourth-order valence-electron chi connectivity index (χ4n) is 0.610. The van der Waals surface area contributed by atoms with Crippen LogP contribution in [-0.4, -0.2) is 16.1 Å². The Kier molecular flexibility index (Phi) is 3.79. The van der Waals surface area contributed by atoms with Gasteiger partial charge in [0.05, 0.1) is 16.9 Å². The van der Waals surface area contributed by atoms with Crippen LogP contribution in [0.4, 0.5) is 5.69 Å². The lowest BCUT2D eigenvalue weighted by Crippen LogP contribution is -2.01. The number of carbonyl (C=O) groups is 1. The van der Waals surface area contributed by atoms with Crippen LogP contribution in [0.5, 0.6) is 0 Å². The highest BCUT2D eigenvalue weighted by Crippen LogP contribution is 2.15. The van der Waals surface area contributed by atoms with Crippen molar-refractivity contribution in [3.8, 4) is 0 Å². The number of nitrogens with two attached hydrogens (primary N) is 1. The van der Waals surface area contributed by atoms with E-state index in [0.29, 0.717) is 5.69 Å². The highest BCUT2D eigenvalue weighted by Gasteiger charge is 2.09. The second-order valence-electron chi connectivity index (χ2n) is 1.90. The summed E-state index contributed by atoms with van der Waals surface area (Å²) in [6, 6.07) is 1.35. The molecule has 1 aromatic rings. The number of rotatable bonds is 1. The first kappa shape index (κ1) is 11.0. The molecule has 0 spiro atoms. The molecule has 6 heteroatoms. The van der Waals surface area contributed by atoms with Crippen LogP contribution in [-0.2, 0) is 0 Å². The van der Waals surface area contributed by atoms with Crippen molar-refractivity contribution in [2.24, 2.45) is 0 Å². The van der Waals surface area contributed by atoms with Crippen molar-refractivity contribution < 1.29 is 9.90 Å². The largest absolute Gasteiger partial charge is 0.476 e. The minimum Gasteiger partial charge on any atom is -0.476 e. The zero-order valence-electron chi connectivity index (χ0n) is 5.82. The minimum absolute atomic E-state index is 0. The fraction of sp³-hybridized carbons (Fsp3) is 0. The summed E-state index contributed by atoms with van der Waals surface area (Å²) < 4.78 is 0. The molecular formula is C6H6Cl2N2O2. The van der Waals surface area contributed by atoms with Crippen LogP contribution in [0.15, 0.2) is 12.3 Å². The predicted molar refractivity (Wildman–Crippen MR) is 47.9 cm³/mol. The van der Waals surface area contributed by atoms with Crippen molar-refractivity contribution in [2.45, 2.75) is 0 Å². The van der Waals surface area contributed by atoms with Gasteiger partial charge >= 0.3 is 5.97 Å². The van der Waals surface area contributed by atoms with E-state index >= 15 is 0 Å². The smallest absolute Gasteiger partial charge is 0.356 e. The molecule has 1 rings (SSSR count). The lowest BCUT2D eigenvalue weighted by Gasteiger charge is -1.97. The van der Waals surface area contributed by atoms with E-state index in [1.165, 1.54) is 12.3 Å². The second kappa shape index (κ2) is 4.13. The Balaban J connectivity index is 0.00000121. The van der Waals surface area contributed by atoms with Gasteiger partial charge in [-0.05, 0) is 6.07 Å². The number of aromatic carboxylic acids is 1. The van der Waals surface area contributed by atoms with Crippen molar-refractivity contribution in [1.82, 2.24) is 4.98 Å². The van der Waals surface area contributed by atoms with Crippen LogP contribution < -0.4 is 5.73 Å². The molecule has 1 heterocycles. The number of nitrogen functional groups attached to an aromatic ring is 1. The average molecular weight is 209 g/mol. The Labute approximate surface area is 79.8 Å². The number of carboxylic acids is 1. The molecular weight excluding hydrogens is 203 g/mol. The molecule has 3 N–H and O–H groups in total. The quantitative estimate of drug-likeness (QED) is 0.733. The van der Waals surface area contributed by atoms with Crippen molar-refractivity contribution >= 4 is 35.7 Å². The number of hydrogen-bond donors (Lipinski definition) is 2. The van der Waals surface area contributed by atoms with Crippen LogP contribution in [0, 0.1) is 0 Å². The van der Waals surface area contributed by atoms with E-state index in [-0.39, 0.29) is 23.1 Å². The third-order valence-electron chi connectivity index (χ3n) is 1.06. The van der Waals surface area contributed by atoms with E-state index in [1.54, 1.807) is 0 Å².